The smallest absolute Gasteiger partial charge is 0.298 e. The standard InChI is InChI=1S/C18H21N3O3S/c1-12-3-9-16-14(11-12)6-10-17(16)20-18(22)13-4-7-15(8-5-13)21-25(23,24)19-2/h3-5,7-9,11,17,19,21H,6,10H2,1-2H3,(H,20,22)/t17-/m1/s1. The van der Waals surface area contributed by atoms with Gasteiger partial charge in [0.2, 0.25) is 0 Å². The van der Waals surface area contributed by atoms with Crippen molar-refractivity contribution in [1.29, 1.82) is 0 Å². The number of hydrogen-bond acceptors (Lipinski definition) is 3. The third-order valence-electron chi connectivity index (χ3n) is 4.35. The first kappa shape index (κ1) is 17.4. The number of nitrogens with one attached hydrogen (secondary N) is 3. The van der Waals surface area contributed by atoms with Crippen LogP contribution in [0.25, 0.3) is 0 Å². The van der Waals surface area contributed by atoms with Crippen molar-refractivity contribution in [3.63, 3.8) is 0 Å². The van der Waals surface area contributed by atoms with Crippen molar-refractivity contribution in [2.75, 3.05) is 11.8 Å². The molecule has 1 amide bonds. The molecule has 0 spiro atoms. The third kappa shape index (κ3) is 4.00. The predicted octanol–water partition coefficient (Wildman–Crippen LogP) is 2.29. The molecule has 1 aliphatic rings. The van der Waals surface area contributed by atoms with Crippen molar-refractivity contribution in [2.24, 2.45) is 0 Å². The van der Waals surface area contributed by atoms with E-state index in [4.69, 9.17) is 0 Å². The molecule has 2 aromatic carbocycles. The molecule has 0 heterocycles. The lowest BCUT2D eigenvalue weighted by Gasteiger charge is -2.15. The Bertz CT molecular complexity index is 892. The summed E-state index contributed by atoms with van der Waals surface area (Å²) >= 11 is 0. The van der Waals surface area contributed by atoms with Crippen LogP contribution in [0.2, 0.25) is 0 Å². The van der Waals surface area contributed by atoms with Crippen LogP contribution in [0.4, 0.5) is 5.69 Å². The zero-order valence-electron chi connectivity index (χ0n) is 14.2. The van der Waals surface area contributed by atoms with Crippen molar-refractivity contribution in [3.05, 3.63) is 64.7 Å². The number of fused-ring (bicyclic) bond motifs is 1. The van der Waals surface area contributed by atoms with E-state index < -0.39 is 10.2 Å². The summed E-state index contributed by atoms with van der Waals surface area (Å²) in [6.07, 6.45) is 1.86. The number of rotatable bonds is 5. The molecule has 3 rings (SSSR count). The lowest BCUT2D eigenvalue weighted by molar-refractivity contribution is 0.0936. The molecule has 0 radical (unpaired) electrons. The van der Waals surface area contributed by atoms with Crippen molar-refractivity contribution >= 4 is 21.8 Å². The molecule has 25 heavy (non-hydrogen) atoms. The normalized spacial score (nSPS) is 16.3. The topological polar surface area (TPSA) is 87.3 Å². The molecule has 0 bridgehead atoms. The monoisotopic (exact) mass is 359 g/mol. The van der Waals surface area contributed by atoms with E-state index in [1.54, 1.807) is 24.3 Å². The minimum atomic E-state index is -3.56. The third-order valence-corrected chi connectivity index (χ3v) is 5.39. The summed E-state index contributed by atoms with van der Waals surface area (Å²) in [5.41, 5.74) is 4.59. The maximum atomic E-state index is 12.5. The number of aryl methyl sites for hydroxylation is 2. The van der Waals surface area contributed by atoms with Gasteiger partial charge in [0.05, 0.1) is 6.04 Å². The van der Waals surface area contributed by atoms with Gasteiger partial charge in [0.25, 0.3) is 16.1 Å². The molecule has 0 aromatic heterocycles. The molecule has 0 saturated carbocycles. The molecule has 1 atom stereocenters. The molecule has 1 aliphatic carbocycles. The highest BCUT2D eigenvalue weighted by Crippen LogP contribution is 2.31. The number of carbonyl (C=O) groups excluding carboxylic acids is 1. The second-order valence-corrected chi connectivity index (χ2v) is 7.77. The van der Waals surface area contributed by atoms with E-state index >= 15 is 0 Å². The fourth-order valence-corrected chi connectivity index (χ4v) is 3.58. The first-order valence-corrected chi connectivity index (χ1v) is 9.58. The van der Waals surface area contributed by atoms with Crippen LogP contribution in [-0.4, -0.2) is 21.4 Å². The molecule has 7 heteroatoms. The van der Waals surface area contributed by atoms with Crippen molar-refractivity contribution in [3.8, 4) is 0 Å². The molecule has 132 valence electrons. The summed E-state index contributed by atoms with van der Waals surface area (Å²) in [5, 5.41) is 3.06. The second kappa shape index (κ2) is 6.85. The zero-order chi connectivity index (χ0) is 18.0. The minimum Gasteiger partial charge on any atom is -0.345 e. The summed E-state index contributed by atoms with van der Waals surface area (Å²) < 4.78 is 27.4. The van der Waals surface area contributed by atoms with Crippen LogP contribution in [0.15, 0.2) is 42.5 Å². The zero-order valence-corrected chi connectivity index (χ0v) is 15.0. The van der Waals surface area contributed by atoms with Gasteiger partial charge in [-0.15, -0.1) is 0 Å². The van der Waals surface area contributed by atoms with Crippen LogP contribution in [-0.2, 0) is 16.6 Å². The average molecular weight is 359 g/mol. The molecule has 3 N–H and O–H groups in total. The maximum Gasteiger partial charge on any atom is 0.298 e. The molecule has 0 fully saturated rings. The van der Waals surface area contributed by atoms with Crippen LogP contribution in [0.1, 0.15) is 39.5 Å². The highest BCUT2D eigenvalue weighted by atomic mass is 32.2. The number of anilines is 1. The fraction of sp³-hybridized carbons (Fsp3) is 0.278. The highest BCUT2D eigenvalue weighted by molar-refractivity contribution is 7.90. The Morgan fingerprint density at radius 3 is 2.52 bits per heavy atom. The van der Waals surface area contributed by atoms with Crippen LogP contribution in [0.3, 0.4) is 0 Å². The van der Waals surface area contributed by atoms with E-state index in [1.165, 1.54) is 23.7 Å². The Hall–Kier alpha value is -2.38. The molecule has 6 nitrogen and oxygen atoms in total. The number of carbonyl (C=O) groups is 1. The van der Waals surface area contributed by atoms with Crippen molar-refractivity contribution in [1.82, 2.24) is 10.0 Å². The van der Waals surface area contributed by atoms with Crippen molar-refractivity contribution < 1.29 is 13.2 Å². The minimum absolute atomic E-state index is 0.0190. The summed E-state index contributed by atoms with van der Waals surface area (Å²) in [4.78, 5) is 12.5. The first-order chi connectivity index (χ1) is 11.9. The lowest BCUT2D eigenvalue weighted by Crippen LogP contribution is -2.27. The number of amides is 1. The molecule has 0 unspecified atom stereocenters. The summed E-state index contributed by atoms with van der Waals surface area (Å²) in [6.45, 7) is 2.07. The Morgan fingerprint density at radius 1 is 1.12 bits per heavy atom. The lowest BCUT2D eigenvalue weighted by atomic mass is 10.1. The maximum absolute atomic E-state index is 12.5. The van der Waals surface area contributed by atoms with Gasteiger partial charge in [-0.3, -0.25) is 9.52 Å². The van der Waals surface area contributed by atoms with Crippen LogP contribution < -0.4 is 14.8 Å². The number of hydrogen-bond donors (Lipinski definition) is 3. The SMILES string of the molecule is CNS(=O)(=O)Nc1ccc(C(=O)N[C@@H]2CCc3cc(C)ccc32)cc1. The predicted molar refractivity (Wildman–Crippen MR) is 97.8 cm³/mol. The van der Waals surface area contributed by atoms with Gasteiger partial charge in [-0.1, -0.05) is 23.8 Å². The van der Waals surface area contributed by atoms with Gasteiger partial charge >= 0.3 is 0 Å². The van der Waals surface area contributed by atoms with E-state index in [1.807, 2.05) is 0 Å². The number of benzene rings is 2. The fourth-order valence-electron chi connectivity index (χ4n) is 3.03. The highest BCUT2D eigenvalue weighted by Gasteiger charge is 2.24. The summed E-state index contributed by atoms with van der Waals surface area (Å²) in [5.74, 6) is -0.165. The quantitative estimate of drug-likeness (QED) is 0.765. The van der Waals surface area contributed by atoms with Crippen molar-refractivity contribution in [2.45, 2.75) is 25.8 Å². The van der Waals surface area contributed by atoms with Gasteiger partial charge in [0.1, 0.15) is 0 Å². The van der Waals surface area contributed by atoms with E-state index in [2.05, 4.69) is 39.9 Å². The molecular weight excluding hydrogens is 338 g/mol. The largest absolute Gasteiger partial charge is 0.345 e. The molecular formula is C18H21N3O3S. The van der Waals surface area contributed by atoms with E-state index in [0.29, 0.717) is 11.3 Å². The summed E-state index contributed by atoms with van der Waals surface area (Å²) in [6, 6.07) is 12.7. The average Bonchev–Trinajstić information content (AvgIpc) is 2.97. The Balaban J connectivity index is 1.69. The Kier molecular flexibility index (Phi) is 4.78. The van der Waals surface area contributed by atoms with E-state index in [9.17, 15) is 13.2 Å². The van der Waals surface area contributed by atoms with E-state index in [0.717, 1.165) is 12.8 Å². The Morgan fingerprint density at radius 2 is 1.84 bits per heavy atom. The Labute approximate surface area is 147 Å². The van der Waals surface area contributed by atoms with Gasteiger partial charge in [-0.2, -0.15) is 8.42 Å². The van der Waals surface area contributed by atoms with Gasteiger partial charge < -0.3 is 5.32 Å². The first-order valence-electron chi connectivity index (χ1n) is 8.09. The molecule has 2 aromatic rings. The molecule has 0 saturated heterocycles. The van der Waals surface area contributed by atoms with Crippen LogP contribution >= 0.6 is 0 Å². The van der Waals surface area contributed by atoms with Gasteiger partial charge in [0, 0.05) is 18.3 Å². The molecule has 0 aliphatic heterocycles. The summed E-state index contributed by atoms with van der Waals surface area (Å²) in [7, 11) is -2.24. The van der Waals surface area contributed by atoms with Crippen LogP contribution in [0.5, 0.6) is 0 Å². The van der Waals surface area contributed by atoms with Gasteiger partial charge in [0.15, 0.2) is 0 Å². The second-order valence-electron chi connectivity index (χ2n) is 6.15. The van der Waals surface area contributed by atoms with Gasteiger partial charge in [-0.05, 0) is 55.2 Å². The van der Waals surface area contributed by atoms with Gasteiger partial charge in [-0.25, -0.2) is 4.72 Å². The van der Waals surface area contributed by atoms with E-state index in [-0.39, 0.29) is 11.9 Å². The van der Waals surface area contributed by atoms with Crippen LogP contribution in [0, 0.1) is 6.92 Å².